The van der Waals surface area contributed by atoms with Crippen molar-refractivity contribution in [1.82, 2.24) is 10.6 Å². The molecule has 0 bridgehead atoms. The van der Waals surface area contributed by atoms with Gasteiger partial charge in [0.2, 0.25) is 0 Å². The van der Waals surface area contributed by atoms with Crippen LogP contribution in [0, 0.1) is 0 Å². The molecule has 0 amide bonds. The smallest absolute Gasteiger partial charge is 0.191 e. The summed E-state index contributed by atoms with van der Waals surface area (Å²) in [6.07, 6.45) is 2.24. The van der Waals surface area contributed by atoms with Crippen molar-refractivity contribution in [2.24, 2.45) is 4.99 Å². The van der Waals surface area contributed by atoms with Crippen LogP contribution >= 0.6 is 0 Å². The summed E-state index contributed by atoms with van der Waals surface area (Å²) in [5.41, 5.74) is 1.10. The Labute approximate surface area is 166 Å². The molecule has 0 aromatic heterocycles. The van der Waals surface area contributed by atoms with Gasteiger partial charge in [-0.1, -0.05) is 43.7 Å². The highest BCUT2D eigenvalue weighted by molar-refractivity contribution is 7.84. The number of guanidine groups is 1. The molecule has 0 saturated heterocycles. The second-order valence-corrected chi connectivity index (χ2v) is 7.62. The predicted octanol–water partition coefficient (Wildman–Crippen LogP) is 2.32. The van der Waals surface area contributed by atoms with Gasteiger partial charge in [0, 0.05) is 42.0 Å². The number of nitrogens with zero attached hydrogens (tertiary/aromatic N) is 1. The molecule has 1 unspecified atom stereocenters. The molecule has 1 rings (SSSR count). The number of hydrogen-bond donors (Lipinski definition) is 2. The third kappa shape index (κ3) is 13.4. The molecule has 2 N–H and O–H groups in total. The zero-order valence-corrected chi connectivity index (χ0v) is 17.6. The summed E-state index contributed by atoms with van der Waals surface area (Å²) in [4.78, 5) is 4.47. The van der Waals surface area contributed by atoms with Gasteiger partial charge in [-0.3, -0.25) is 9.20 Å². The van der Waals surface area contributed by atoms with Gasteiger partial charge >= 0.3 is 0 Å². The van der Waals surface area contributed by atoms with E-state index in [0.717, 1.165) is 37.5 Å². The average molecular weight is 398 g/mol. The van der Waals surface area contributed by atoms with E-state index in [1.54, 1.807) is 0 Å². The molecule has 27 heavy (non-hydrogen) atoms. The zero-order valence-electron chi connectivity index (χ0n) is 16.7. The van der Waals surface area contributed by atoms with E-state index in [1.807, 2.05) is 37.3 Å². The summed E-state index contributed by atoms with van der Waals surface area (Å²) in [6.45, 7) is 8.76. The van der Waals surface area contributed by atoms with Gasteiger partial charge in [0.25, 0.3) is 0 Å². The fourth-order valence-electron chi connectivity index (χ4n) is 2.25. The summed E-state index contributed by atoms with van der Waals surface area (Å²) in [5, 5.41) is 6.42. The molecule has 0 spiro atoms. The van der Waals surface area contributed by atoms with Crippen LogP contribution in [0.15, 0.2) is 35.3 Å². The van der Waals surface area contributed by atoms with Gasteiger partial charge in [0.15, 0.2) is 5.96 Å². The maximum absolute atomic E-state index is 12.2. The first kappa shape index (κ1) is 23.6. The minimum absolute atomic E-state index is 0.563. The third-order valence-corrected chi connectivity index (χ3v) is 4.97. The van der Waals surface area contributed by atoms with Crippen molar-refractivity contribution in [3.8, 4) is 0 Å². The van der Waals surface area contributed by atoms with E-state index < -0.39 is 10.8 Å². The Hall–Kier alpha value is -1.44. The molecule has 0 fully saturated rings. The molecular weight excluding hydrogens is 362 g/mol. The number of hydrogen-bond acceptors (Lipinski definition) is 4. The lowest BCUT2D eigenvalue weighted by molar-refractivity contribution is 0.0497. The fourth-order valence-corrected chi connectivity index (χ4v) is 3.29. The highest BCUT2D eigenvalue weighted by Crippen LogP contribution is 2.02. The van der Waals surface area contributed by atoms with Crippen LogP contribution in [-0.4, -0.2) is 62.0 Å². The van der Waals surface area contributed by atoms with Crippen molar-refractivity contribution in [1.29, 1.82) is 0 Å². The lowest BCUT2D eigenvalue weighted by atomic mass is 10.2. The van der Waals surface area contributed by atoms with Crippen molar-refractivity contribution in [2.45, 2.75) is 32.4 Å². The van der Waals surface area contributed by atoms with Crippen LogP contribution in [0.1, 0.15) is 32.3 Å². The minimum Gasteiger partial charge on any atom is -0.379 e. The van der Waals surface area contributed by atoms with Gasteiger partial charge in [-0.25, -0.2) is 0 Å². The van der Waals surface area contributed by atoms with Crippen molar-refractivity contribution in [3.05, 3.63) is 35.9 Å². The van der Waals surface area contributed by atoms with Crippen LogP contribution in [0.3, 0.4) is 0 Å². The Balaban J connectivity index is 2.14. The predicted molar refractivity (Wildman–Crippen MR) is 114 cm³/mol. The molecule has 154 valence electrons. The molecule has 7 heteroatoms. The standard InChI is InChI=1S/C20H35N3O3S/c1-3-5-13-25-15-16-26-14-11-22-20(21-4-2)23-12-17-27(24)18-19-9-7-6-8-10-19/h6-10H,3-5,11-18H2,1-2H3,(H2,21,22,23). The molecule has 1 aromatic rings. The van der Waals surface area contributed by atoms with Gasteiger partial charge in [0.05, 0.1) is 26.4 Å². The summed E-state index contributed by atoms with van der Waals surface area (Å²) >= 11 is 0. The first-order valence-electron chi connectivity index (χ1n) is 9.82. The van der Waals surface area contributed by atoms with E-state index >= 15 is 0 Å². The molecule has 1 atom stereocenters. The second kappa shape index (κ2) is 16.7. The van der Waals surface area contributed by atoms with E-state index in [9.17, 15) is 4.21 Å². The largest absolute Gasteiger partial charge is 0.379 e. The summed E-state index contributed by atoms with van der Waals surface area (Å²) < 4.78 is 23.1. The monoisotopic (exact) mass is 397 g/mol. The Bertz CT molecular complexity index is 526. The number of aliphatic imine (C=N–C) groups is 1. The number of unbranched alkanes of at least 4 members (excludes halogenated alkanes) is 1. The normalized spacial score (nSPS) is 12.7. The second-order valence-electron chi connectivity index (χ2n) is 6.04. The number of benzene rings is 1. The van der Waals surface area contributed by atoms with Crippen LogP contribution in [-0.2, 0) is 26.0 Å². The summed E-state index contributed by atoms with van der Waals surface area (Å²) in [5.74, 6) is 1.91. The SMILES string of the molecule is CCCCOCCOCCN=C(NCC)NCCS(=O)Cc1ccccc1. The highest BCUT2D eigenvalue weighted by atomic mass is 32.2. The third-order valence-electron chi connectivity index (χ3n) is 3.66. The van der Waals surface area contributed by atoms with Crippen molar-refractivity contribution >= 4 is 16.8 Å². The van der Waals surface area contributed by atoms with E-state index in [0.29, 0.717) is 44.4 Å². The summed E-state index contributed by atoms with van der Waals surface area (Å²) in [7, 11) is -0.889. The Morgan fingerprint density at radius 2 is 1.78 bits per heavy atom. The number of nitrogens with one attached hydrogen (secondary N) is 2. The summed E-state index contributed by atoms with van der Waals surface area (Å²) in [6, 6.07) is 9.92. The minimum atomic E-state index is -0.889. The van der Waals surface area contributed by atoms with E-state index in [4.69, 9.17) is 9.47 Å². The molecule has 6 nitrogen and oxygen atoms in total. The molecular formula is C20H35N3O3S. The first-order valence-corrected chi connectivity index (χ1v) is 11.3. The van der Waals surface area contributed by atoms with Crippen LogP contribution in [0.5, 0.6) is 0 Å². The van der Waals surface area contributed by atoms with Crippen molar-refractivity contribution < 1.29 is 13.7 Å². The number of rotatable bonds is 15. The van der Waals surface area contributed by atoms with Crippen LogP contribution in [0.25, 0.3) is 0 Å². The maximum atomic E-state index is 12.2. The molecule has 0 saturated carbocycles. The maximum Gasteiger partial charge on any atom is 0.191 e. The lowest BCUT2D eigenvalue weighted by Gasteiger charge is -2.11. The molecule has 0 aliphatic heterocycles. The highest BCUT2D eigenvalue weighted by Gasteiger charge is 2.03. The Morgan fingerprint density at radius 1 is 1.04 bits per heavy atom. The van der Waals surface area contributed by atoms with Gasteiger partial charge in [-0.15, -0.1) is 0 Å². The van der Waals surface area contributed by atoms with Crippen LogP contribution < -0.4 is 10.6 Å². The zero-order chi connectivity index (χ0) is 19.6. The van der Waals surface area contributed by atoms with Gasteiger partial charge in [-0.05, 0) is 18.9 Å². The molecule has 0 heterocycles. The Morgan fingerprint density at radius 3 is 2.48 bits per heavy atom. The van der Waals surface area contributed by atoms with Gasteiger partial charge in [-0.2, -0.15) is 0 Å². The van der Waals surface area contributed by atoms with E-state index in [1.165, 1.54) is 0 Å². The topological polar surface area (TPSA) is 72.0 Å². The van der Waals surface area contributed by atoms with E-state index in [2.05, 4.69) is 22.5 Å². The van der Waals surface area contributed by atoms with Crippen LogP contribution in [0.2, 0.25) is 0 Å². The molecule has 0 aliphatic rings. The molecule has 1 aromatic carbocycles. The van der Waals surface area contributed by atoms with Crippen molar-refractivity contribution in [2.75, 3.05) is 51.8 Å². The molecule has 0 radical (unpaired) electrons. The van der Waals surface area contributed by atoms with Gasteiger partial charge in [0.1, 0.15) is 0 Å². The van der Waals surface area contributed by atoms with Gasteiger partial charge < -0.3 is 20.1 Å². The molecule has 0 aliphatic carbocycles. The van der Waals surface area contributed by atoms with Crippen molar-refractivity contribution in [3.63, 3.8) is 0 Å². The fraction of sp³-hybridized carbons (Fsp3) is 0.650. The Kier molecular flexibility index (Phi) is 14.6. The quantitative estimate of drug-likeness (QED) is 0.270. The van der Waals surface area contributed by atoms with Crippen LogP contribution in [0.4, 0.5) is 0 Å². The first-order chi connectivity index (χ1) is 13.3. The number of ether oxygens (including phenoxy) is 2. The van der Waals surface area contributed by atoms with E-state index in [-0.39, 0.29) is 0 Å². The lowest BCUT2D eigenvalue weighted by Crippen LogP contribution is -2.39. The average Bonchev–Trinajstić information content (AvgIpc) is 2.67.